The molecule has 2 aromatic carbocycles. The molecule has 2 aromatic rings. The van der Waals surface area contributed by atoms with E-state index in [-0.39, 0.29) is 23.7 Å². The highest BCUT2D eigenvalue weighted by molar-refractivity contribution is 5.79. The number of carbonyl (C=O) groups excluding carboxylic acids is 2. The number of rotatable bonds is 14. The van der Waals surface area contributed by atoms with Crippen LogP contribution >= 0.6 is 0 Å². The molecule has 0 aliphatic carbocycles. The number of hydrogen-bond donors (Lipinski definition) is 3. The maximum Gasteiger partial charge on any atom is 0.223 e. The average molecular weight is 467 g/mol. The summed E-state index contributed by atoms with van der Waals surface area (Å²) < 4.78 is 0. The fourth-order valence-electron chi connectivity index (χ4n) is 4.01. The first-order chi connectivity index (χ1) is 16.2. The Morgan fingerprint density at radius 2 is 1.03 bits per heavy atom. The molecule has 2 rings (SSSR count). The van der Waals surface area contributed by atoms with Crippen LogP contribution in [0.25, 0.3) is 0 Å². The van der Waals surface area contributed by atoms with E-state index in [0.717, 1.165) is 11.1 Å². The minimum Gasteiger partial charge on any atom is -0.393 e. The monoisotopic (exact) mass is 466 g/mol. The number of aliphatic hydroxyl groups excluding tert-OH is 1. The zero-order valence-electron chi connectivity index (χ0n) is 21.2. The summed E-state index contributed by atoms with van der Waals surface area (Å²) in [5.41, 5.74) is 2.13. The van der Waals surface area contributed by atoms with Crippen molar-refractivity contribution < 1.29 is 14.7 Å². The third-order valence-corrected chi connectivity index (χ3v) is 5.87. The van der Waals surface area contributed by atoms with E-state index in [1.54, 1.807) is 0 Å². The molecular weight excluding hydrogens is 424 g/mol. The largest absolute Gasteiger partial charge is 0.393 e. The molecule has 2 amide bonds. The van der Waals surface area contributed by atoms with Crippen LogP contribution in [0.15, 0.2) is 60.7 Å². The van der Waals surface area contributed by atoms with E-state index in [0.29, 0.717) is 50.6 Å². The molecular formula is C29H42N2O3. The molecule has 2 atom stereocenters. The lowest BCUT2D eigenvalue weighted by molar-refractivity contribution is -0.127. The number of amides is 2. The van der Waals surface area contributed by atoms with E-state index in [4.69, 9.17) is 0 Å². The van der Waals surface area contributed by atoms with Gasteiger partial charge in [-0.15, -0.1) is 0 Å². The molecule has 3 N–H and O–H groups in total. The fourth-order valence-corrected chi connectivity index (χ4v) is 4.01. The summed E-state index contributed by atoms with van der Waals surface area (Å²) in [6.45, 7) is 9.45. The van der Waals surface area contributed by atoms with Gasteiger partial charge in [0.25, 0.3) is 0 Å². The molecule has 186 valence electrons. The molecule has 0 spiro atoms. The Balaban J connectivity index is 2.10. The van der Waals surface area contributed by atoms with Gasteiger partial charge in [0.1, 0.15) is 0 Å². The summed E-state index contributed by atoms with van der Waals surface area (Å²) in [6, 6.07) is 19.8. The molecule has 0 saturated carbocycles. The van der Waals surface area contributed by atoms with Gasteiger partial charge in [-0.2, -0.15) is 0 Å². The second-order valence-electron chi connectivity index (χ2n) is 10.2. The van der Waals surface area contributed by atoms with Crippen LogP contribution in [0.2, 0.25) is 0 Å². The van der Waals surface area contributed by atoms with Gasteiger partial charge in [0, 0.05) is 24.9 Å². The van der Waals surface area contributed by atoms with E-state index in [9.17, 15) is 14.7 Å². The number of benzene rings is 2. The van der Waals surface area contributed by atoms with Crippen molar-refractivity contribution in [3.8, 4) is 0 Å². The molecule has 0 aromatic heterocycles. The lowest BCUT2D eigenvalue weighted by Crippen LogP contribution is -2.38. The van der Waals surface area contributed by atoms with Crippen LogP contribution in [0.5, 0.6) is 0 Å². The Morgan fingerprint density at radius 1 is 0.676 bits per heavy atom. The summed E-state index contributed by atoms with van der Waals surface area (Å²) in [5.74, 6) is -0.0854. The summed E-state index contributed by atoms with van der Waals surface area (Å²) in [6.07, 6.45) is 1.01. The van der Waals surface area contributed by atoms with E-state index < -0.39 is 6.10 Å². The lowest BCUT2D eigenvalue weighted by Gasteiger charge is -2.24. The highest BCUT2D eigenvalue weighted by Gasteiger charge is 2.27. The third-order valence-electron chi connectivity index (χ3n) is 5.87. The SMILES string of the molecule is CC(C)CNC(=O)[C@H](Cc1ccccc1)CC(O)C[C@@H](Cc1ccccc1)C(=O)NCC(C)C. The number of aliphatic hydroxyl groups is 1. The highest BCUT2D eigenvalue weighted by Crippen LogP contribution is 2.22. The van der Waals surface area contributed by atoms with Crippen LogP contribution in [0.3, 0.4) is 0 Å². The lowest BCUT2D eigenvalue weighted by atomic mass is 9.86. The second-order valence-corrected chi connectivity index (χ2v) is 10.2. The van der Waals surface area contributed by atoms with E-state index in [1.165, 1.54) is 0 Å². The van der Waals surface area contributed by atoms with Gasteiger partial charge in [0.15, 0.2) is 0 Å². The zero-order chi connectivity index (χ0) is 24.9. The average Bonchev–Trinajstić information content (AvgIpc) is 2.81. The van der Waals surface area contributed by atoms with Crippen molar-refractivity contribution in [3.63, 3.8) is 0 Å². The quantitative estimate of drug-likeness (QED) is 0.386. The van der Waals surface area contributed by atoms with E-state index >= 15 is 0 Å². The summed E-state index contributed by atoms with van der Waals surface area (Å²) in [5, 5.41) is 17.1. The molecule has 5 nitrogen and oxygen atoms in total. The molecule has 0 fully saturated rings. The van der Waals surface area contributed by atoms with Crippen molar-refractivity contribution in [3.05, 3.63) is 71.8 Å². The third kappa shape index (κ3) is 10.5. The van der Waals surface area contributed by atoms with Crippen LogP contribution in [0.1, 0.15) is 51.7 Å². The topological polar surface area (TPSA) is 78.4 Å². The Morgan fingerprint density at radius 3 is 1.35 bits per heavy atom. The van der Waals surface area contributed by atoms with E-state index in [1.807, 2.05) is 60.7 Å². The fraction of sp³-hybridized carbons (Fsp3) is 0.517. The Bertz CT molecular complexity index is 781. The highest BCUT2D eigenvalue weighted by atomic mass is 16.3. The normalized spacial score (nSPS) is 13.2. The van der Waals surface area contributed by atoms with Gasteiger partial charge >= 0.3 is 0 Å². The Kier molecular flexibility index (Phi) is 11.8. The molecule has 34 heavy (non-hydrogen) atoms. The van der Waals surface area contributed by atoms with Crippen molar-refractivity contribution in [2.24, 2.45) is 23.7 Å². The molecule has 0 unspecified atom stereocenters. The molecule has 0 bridgehead atoms. The molecule has 0 aliphatic heterocycles. The summed E-state index contributed by atoms with van der Waals surface area (Å²) >= 11 is 0. The van der Waals surface area contributed by atoms with Gasteiger partial charge in [-0.3, -0.25) is 9.59 Å². The standard InChI is InChI=1S/C29H42N2O3/c1-21(2)19-30-28(33)25(15-23-11-7-5-8-12-23)17-27(32)18-26(29(34)31-20-22(3)4)16-24-13-9-6-10-14-24/h5-14,21-22,25-27,32H,15-20H2,1-4H3,(H,30,33)(H,31,34)/t25-,26-/m1/s1. The predicted octanol–water partition coefficient (Wildman–Crippen LogP) is 4.39. The van der Waals surface area contributed by atoms with Crippen LogP contribution in [-0.4, -0.2) is 36.1 Å². The van der Waals surface area contributed by atoms with Gasteiger partial charge in [0.2, 0.25) is 11.8 Å². The van der Waals surface area contributed by atoms with Crippen LogP contribution in [0.4, 0.5) is 0 Å². The van der Waals surface area contributed by atoms with Gasteiger partial charge in [0.05, 0.1) is 6.10 Å². The minimum atomic E-state index is -0.753. The first-order valence-electron chi connectivity index (χ1n) is 12.6. The number of nitrogens with one attached hydrogen (secondary N) is 2. The molecule has 5 heteroatoms. The van der Waals surface area contributed by atoms with Crippen molar-refractivity contribution in [1.82, 2.24) is 10.6 Å². The Hall–Kier alpha value is -2.66. The van der Waals surface area contributed by atoms with E-state index in [2.05, 4.69) is 38.3 Å². The summed E-state index contributed by atoms with van der Waals surface area (Å²) in [7, 11) is 0. The second kappa shape index (κ2) is 14.6. The number of hydrogen-bond acceptors (Lipinski definition) is 3. The van der Waals surface area contributed by atoms with Crippen molar-refractivity contribution in [2.75, 3.05) is 13.1 Å². The molecule has 0 heterocycles. The van der Waals surface area contributed by atoms with Crippen LogP contribution < -0.4 is 10.6 Å². The first-order valence-corrected chi connectivity index (χ1v) is 12.6. The summed E-state index contributed by atoms with van der Waals surface area (Å²) in [4.78, 5) is 25.9. The predicted molar refractivity (Wildman–Crippen MR) is 138 cm³/mol. The van der Waals surface area contributed by atoms with Crippen molar-refractivity contribution in [2.45, 2.75) is 59.5 Å². The van der Waals surface area contributed by atoms with Crippen LogP contribution in [0, 0.1) is 23.7 Å². The maximum absolute atomic E-state index is 13.0. The first kappa shape index (κ1) is 27.6. The molecule has 0 aliphatic rings. The van der Waals surface area contributed by atoms with Gasteiger partial charge < -0.3 is 15.7 Å². The van der Waals surface area contributed by atoms with Crippen molar-refractivity contribution >= 4 is 11.8 Å². The van der Waals surface area contributed by atoms with Gasteiger partial charge in [-0.05, 0) is 48.6 Å². The Labute approximate surface area is 205 Å². The number of carbonyl (C=O) groups is 2. The van der Waals surface area contributed by atoms with Crippen molar-refractivity contribution in [1.29, 1.82) is 0 Å². The van der Waals surface area contributed by atoms with Gasteiger partial charge in [-0.1, -0.05) is 88.4 Å². The molecule has 0 saturated heterocycles. The molecule has 0 radical (unpaired) electrons. The zero-order valence-corrected chi connectivity index (χ0v) is 21.2. The van der Waals surface area contributed by atoms with Crippen LogP contribution in [-0.2, 0) is 22.4 Å². The minimum absolute atomic E-state index is 0.0412. The smallest absolute Gasteiger partial charge is 0.223 e. The maximum atomic E-state index is 13.0. The van der Waals surface area contributed by atoms with Gasteiger partial charge in [-0.25, -0.2) is 0 Å².